The average Bonchev–Trinajstić information content (AvgIpc) is 2.61. The van der Waals surface area contributed by atoms with Crippen molar-refractivity contribution in [1.29, 1.82) is 0 Å². The van der Waals surface area contributed by atoms with E-state index in [1.54, 1.807) is 12.1 Å². The first-order valence-corrected chi connectivity index (χ1v) is 11.0. The van der Waals surface area contributed by atoms with Crippen LogP contribution in [-0.4, -0.2) is 23.9 Å². The van der Waals surface area contributed by atoms with E-state index in [2.05, 4.69) is 9.44 Å². The molecule has 6 nitrogen and oxygen atoms in total. The number of fused-ring (bicyclic) bond motifs is 1. The Hall–Kier alpha value is -1.90. The number of nitrogens with one attached hydrogen (secondary N) is 2. The standard InChI is InChI=1S/C17H20N2O4S2/c1-18-24(20,21)16-10-7-15(8-11-16)19-25(22,23)17-9-6-13-4-2-3-5-14(13)12-17/h6-12,18-19H,2-5H2,1H3. The predicted octanol–water partition coefficient (Wildman–Crippen LogP) is 2.27. The zero-order valence-electron chi connectivity index (χ0n) is 13.8. The molecule has 1 aliphatic carbocycles. The van der Waals surface area contributed by atoms with E-state index in [0.717, 1.165) is 31.2 Å². The lowest BCUT2D eigenvalue weighted by molar-refractivity contribution is 0.588. The fraction of sp³-hybridized carbons (Fsp3) is 0.294. The van der Waals surface area contributed by atoms with Crippen molar-refractivity contribution < 1.29 is 16.8 Å². The van der Waals surface area contributed by atoms with Crippen LogP contribution in [0.25, 0.3) is 0 Å². The Labute approximate surface area is 148 Å². The second-order valence-electron chi connectivity index (χ2n) is 5.98. The number of aryl methyl sites for hydroxylation is 2. The van der Waals surface area contributed by atoms with Gasteiger partial charge in [-0.05, 0) is 80.3 Å². The molecule has 0 bridgehead atoms. The maximum Gasteiger partial charge on any atom is 0.261 e. The van der Waals surface area contributed by atoms with E-state index in [1.165, 1.54) is 36.9 Å². The molecule has 2 aromatic carbocycles. The van der Waals surface area contributed by atoms with Gasteiger partial charge < -0.3 is 0 Å². The van der Waals surface area contributed by atoms with Crippen LogP contribution in [0, 0.1) is 0 Å². The first-order valence-electron chi connectivity index (χ1n) is 8.00. The summed E-state index contributed by atoms with van der Waals surface area (Å²) in [4.78, 5) is 0.298. The van der Waals surface area contributed by atoms with Crippen LogP contribution in [0.3, 0.4) is 0 Å². The molecule has 0 heterocycles. The summed E-state index contributed by atoms with van der Waals surface area (Å²) in [5.41, 5.74) is 2.61. The summed E-state index contributed by atoms with van der Waals surface area (Å²) in [6.45, 7) is 0. The monoisotopic (exact) mass is 380 g/mol. The highest BCUT2D eigenvalue weighted by Crippen LogP contribution is 2.25. The van der Waals surface area contributed by atoms with Gasteiger partial charge in [0.1, 0.15) is 0 Å². The quantitative estimate of drug-likeness (QED) is 0.832. The van der Waals surface area contributed by atoms with E-state index < -0.39 is 20.0 Å². The number of anilines is 1. The fourth-order valence-corrected chi connectivity index (χ4v) is 4.75. The Morgan fingerprint density at radius 2 is 1.36 bits per heavy atom. The van der Waals surface area contributed by atoms with Crippen LogP contribution in [0.4, 0.5) is 5.69 Å². The van der Waals surface area contributed by atoms with E-state index in [4.69, 9.17) is 0 Å². The van der Waals surface area contributed by atoms with Gasteiger partial charge in [0.25, 0.3) is 10.0 Å². The molecule has 0 saturated carbocycles. The molecular weight excluding hydrogens is 360 g/mol. The normalized spacial score (nSPS) is 14.8. The topological polar surface area (TPSA) is 92.3 Å². The third kappa shape index (κ3) is 3.86. The van der Waals surface area contributed by atoms with Crippen molar-refractivity contribution in [3.63, 3.8) is 0 Å². The van der Waals surface area contributed by atoms with E-state index in [1.807, 2.05) is 6.07 Å². The molecule has 0 radical (unpaired) electrons. The Kier molecular flexibility index (Phi) is 4.86. The maximum atomic E-state index is 12.6. The van der Waals surface area contributed by atoms with E-state index in [9.17, 15) is 16.8 Å². The molecule has 0 atom stereocenters. The molecule has 0 fully saturated rings. The summed E-state index contributed by atoms with van der Waals surface area (Å²) in [6.07, 6.45) is 4.10. The van der Waals surface area contributed by atoms with Gasteiger partial charge in [0, 0.05) is 5.69 Å². The summed E-state index contributed by atoms with van der Waals surface area (Å²) < 4.78 is 53.3. The summed E-state index contributed by atoms with van der Waals surface area (Å²) in [7, 11) is -5.94. The zero-order chi connectivity index (χ0) is 18.1. The van der Waals surface area contributed by atoms with Gasteiger partial charge in [0.2, 0.25) is 10.0 Å². The second kappa shape index (κ2) is 6.78. The minimum absolute atomic E-state index is 0.0757. The molecule has 1 aliphatic rings. The molecule has 0 spiro atoms. The molecule has 0 aliphatic heterocycles. The molecule has 2 aromatic rings. The summed E-state index contributed by atoms with van der Waals surface area (Å²) >= 11 is 0. The third-order valence-corrected chi connectivity index (χ3v) is 7.13. The minimum atomic E-state index is -3.72. The first-order chi connectivity index (χ1) is 11.8. The summed E-state index contributed by atoms with van der Waals surface area (Å²) in [5, 5.41) is 0. The lowest BCUT2D eigenvalue weighted by Gasteiger charge is -2.17. The zero-order valence-corrected chi connectivity index (χ0v) is 15.5. The molecule has 8 heteroatoms. The van der Waals surface area contributed by atoms with Crippen molar-refractivity contribution in [3.8, 4) is 0 Å². The molecule has 3 rings (SSSR count). The van der Waals surface area contributed by atoms with Gasteiger partial charge in [-0.2, -0.15) is 0 Å². The minimum Gasteiger partial charge on any atom is -0.280 e. The van der Waals surface area contributed by atoms with Crippen molar-refractivity contribution in [1.82, 2.24) is 4.72 Å². The largest absolute Gasteiger partial charge is 0.280 e. The molecule has 0 unspecified atom stereocenters. The molecule has 2 N–H and O–H groups in total. The van der Waals surface area contributed by atoms with Gasteiger partial charge in [0.15, 0.2) is 0 Å². The lowest BCUT2D eigenvalue weighted by Crippen LogP contribution is -2.18. The van der Waals surface area contributed by atoms with E-state index in [-0.39, 0.29) is 9.79 Å². The van der Waals surface area contributed by atoms with Gasteiger partial charge in [-0.15, -0.1) is 0 Å². The van der Waals surface area contributed by atoms with E-state index in [0.29, 0.717) is 5.69 Å². The Morgan fingerprint density at radius 1 is 0.760 bits per heavy atom. The number of sulfonamides is 2. The van der Waals surface area contributed by atoms with Crippen LogP contribution in [0.2, 0.25) is 0 Å². The number of rotatable bonds is 5. The van der Waals surface area contributed by atoms with Crippen molar-refractivity contribution >= 4 is 25.7 Å². The van der Waals surface area contributed by atoms with Gasteiger partial charge in [0.05, 0.1) is 9.79 Å². The number of hydrogen-bond donors (Lipinski definition) is 2. The number of benzene rings is 2. The predicted molar refractivity (Wildman–Crippen MR) is 96.6 cm³/mol. The molecule has 0 amide bonds. The van der Waals surface area contributed by atoms with Gasteiger partial charge >= 0.3 is 0 Å². The molecule has 25 heavy (non-hydrogen) atoms. The molecule has 134 valence electrons. The Balaban J connectivity index is 1.84. The SMILES string of the molecule is CNS(=O)(=O)c1ccc(NS(=O)(=O)c2ccc3c(c2)CCCC3)cc1. The Morgan fingerprint density at radius 3 is 2.00 bits per heavy atom. The summed E-state index contributed by atoms with van der Waals surface area (Å²) in [5.74, 6) is 0. The van der Waals surface area contributed by atoms with Gasteiger partial charge in [-0.25, -0.2) is 21.6 Å². The highest BCUT2D eigenvalue weighted by atomic mass is 32.2. The van der Waals surface area contributed by atoms with E-state index >= 15 is 0 Å². The summed E-state index contributed by atoms with van der Waals surface area (Å²) in [6, 6.07) is 10.8. The Bertz CT molecular complexity index is 982. The average molecular weight is 380 g/mol. The van der Waals surface area contributed by atoms with Crippen LogP contribution in [0.5, 0.6) is 0 Å². The van der Waals surface area contributed by atoms with Gasteiger partial charge in [-0.3, -0.25) is 4.72 Å². The van der Waals surface area contributed by atoms with Crippen LogP contribution < -0.4 is 9.44 Å². The molecule has 0 saturated heterocycles. The molecule has 0 aromatic heterocycles. The van der Waals surface area contributed by atoms with Crippen LogP contribution >= 0.6 is 0 Å². The fourth-order valence-electron chi connectivity index (χ4n) is 2.91. The van der Waals surface area contributed by atoms with Crippen LogP contribution in [-0.2, 0) is 32.9 Å². The first kappa shape index (κ1) is 17.9. The lowest BCUT2D eigenvalue weighted by atomic mass is 9.92. The third-order valence-electron chi connectivity index (χ3n) is 4.32. The smallest absolute Gasteiger partial charge is 0.261 e. The highest BCUT2D eigenvalue weighted by Gasteiger charge is 2.18. The van der Waals surface area contributed by atoms with Crippen molar-refractivity contribution in [3.05, 3.63) is 53.6 Å². The highest BCUT2D eigenvalue weighted by molar-refractivity contribution is 7.92. The van der Waals surface area contributed by atoms with Gasteiger partial charge in [-0.1, -0.05) is 6.07 Å². The van der Waals surface area contributed by atoms with Crippen molar-refractivity contribution in [2.45, 2.75) is 35.5 Å². The van der Waals surface area contributed by atoms with Crippen molar-refractivity contribution in [2.24, 2.45) is 0 Å². The van der Waals surface area contributed by atoms with Crippen LogP contribution in [0.15, 0.2) is 52.3 Å². The van der Waals surface area contributed by atoms with Crippen LogP contribution in [0.1, 0.15) is 24.0 Å². The van der Waals surface area contributed by atoms with Crippen molar-refractivity contribution in [2.75, 3.05) is 11.8 Å². The maximum absolute atomic E-state index is 12.6. The molecular formula is C17H20N2O4S2. The number of hydrogen-bond acceptors (Lipinski definition) is 4. The second-order valence-corrected chi connectivity index (χ2v) is 9.54.